The molecule has 0 unspecified atom stereocenters. The maximum absolute atomic E-state index is 11.7. The van der Waals surface area contributed by atoms with Crippen molar-refractivity contribution in [2.45, 2.75) is 25.8 Å². The Morgan fingerprint density at radius 2 is 2.15 bits per heavy atom. The number of hydrogen-bond donors (Lipinski definition) is 0. The molecular formula is C16H21NO2S. The Bertz CT molecular complexity index is 601. The highest BCUT2D eigenvalue weighted by atomic mass is 32.2. The van der Waals surface area contributed by atoms with Crippen LogP contribution in [0.15, 0.2) is 24.3 Å². The van der Waals surface area contributed by atoms with Crippen molar-refractivity contribution in [3.63, 3.8) is 0 Å². The third-order valence-corrected chi connectivity index (χ3v) is 5.65. The molecule has 4 heteroatoms. The zero-order valence-electron chi connectivity index (χ0n) is 11.9. The number of terminal acetylenes is 1. The maximum Gasteiger partial charge on any atom is 0.151 e. The lowest BCUT2D eigenvalue weighted by Gasteiger charge is -2.27. The summed E-state index contributed by atoms with van der Waals surface area (Å²) in [4.78, 5) is 2.12. The van der Waals surface area contributed by atoms with Gasteiger partial charge in [-0.25, -0.2) is 8.42 Å². The van der Waals surface area contributed by atoms with Gasteiger partial charge in [0.2, 0.25) is 0 Å². The van der Waals surface area contributed by atoms with Crippen molar-refractivity contribution in [1.82, 2.24) is 4.90 Å². The summed E-state index contributed by atoms with van der Waals surface area (Å²) in [6.45, 7) is 2.70. The van der Waals surface area contributed by atoms with Gasteiger partial charge in [-0.15, -0.1) is 6.42 Å². The van der Waals surface area contributed by atoms with E-state index in [1.54, 1.807) is 6.92 Å². The van der Waals surface area contributed by atoms with Crippen molar-refractivity contribution in [3.8, 4) is 12.3 Å². The van der Waals surface area contributed by atoms with Gasteiger partial charge in [0.05, 0.1) is 12.3 Å². The number of aryl methyl sites for hydroxylation is 1. The quantitative estimate of drug-likeness (QED) is 0.753. The van der Waals surface area contributed by atoms with Crippen LogP contribution in [0.3, 0.4) is 0 Å². The highest BCUT2D eigenvalue weighted by Crippen LogP contribution is 2.35. The first-order chi connectivity index (χ1) is 9.57. The summed E-state index contributed by atoms with van der Waals surface area (Å²) in [6, 6.07) is 8.62. The first kappa shape index (κ1) is 15.1. The van der Waals surface area contributed by atoms with Crippen molar-refractivity contribution in [2.75, 3.05) is 24.6 Å². The van der Waals surface area contributed by atoms with Crippen LogP contribution in [0.4, 0.5) is 0 Å². The summed E-state index contributed by atoms with van der Waals surface area (Å²) in [6.07, 6.45) is 7.51. The third-order valence-electron chi connectivity index (χ3n) is 3.97. The Morgan fingerprint density at radius 3 is 2.85 bits per heavy atom. The lowest BCUT2D eigenvalue weighted by molar-refractivity contribution is 0.235. The molecule has 0 N–H and O–H groups in total. The Morgan fingerprint density at radius 1 is 1.40 bits per heavy atom. The fraction of sp³-hybridized carbons (Fsp3) is 0.500. The highest BCUT2D eigenvalue weighted by Gasteiger charge is 2.27. The molecule has 20 heavy (non-hydrogen) atoms. The molecule has 1 aliphatic carbocycles. The molecule has 1 aromatic carbocycles. The Balaban J connectivity index is 2.13. The van der Waals surface area contributed by atoms with Crippen LogP contribution in [-0.2, 0) is 16.3 Å². The zero-order valence-corrected chi connectivity index (χ0v) is 12.7. The molecule has 0 saturated heterocycles. The van der Waals surface area contributed by atoms with Crippen molar-refractivity contribution in [2.24, 2.45) is 0 Å². The fourth-order valence-electron chi connectivity index (χ4n) is 2.78. The number of fused-ring (bicyclic) bond motifs is 1. The summed E-state index contributed by atoms with van der Waals surface area (Å²) in [5, 5.41) is 0. The van der Waals surface area contributed by atoms with Gasteiger partial charge in [-0.3, -0.25) is 4.90 Å². The molecule has 108 valence electrons. The predicted octanol–water partition coefficient (Wildman–Crippen LogP) is 2.04. The van der Waals surface area contributed by atoms with Gasteiger partial charge < -0.3 is 0 Å². The first-order valence-electron chi connectivity index (χ1n) is 7.03. The minimum Gasteiger partial charge on any atom is -0.284 e. The minimum atomic E-state index is -2.95. The molecule has 1 aromatic rings. The SMILES string of the molecule is C#CCN(CCS(=O)(=O)CC)[C@@H]1CCc2ccccc21. The molecule has 0 bridgehead atoms. The van der Waals surface area contributed by atoms with E-state index < -0.39 is 9.84 Å². The maximum atomic E-state index is 11.7. The molecule has 0 fully saturated rings. The van der Waals surface area contributed by atoms with Crippen molar-refractivity contribution in [3.05, 3.63) is 35.4 Å². The molecule has 0 amide bonds. The molecule has 2 rings (SSSR count). The van der Waals surface area contributed by atoms with E-state index in [1.165, 1.54) is 11.1 Å². The second-order valence-corrected chi connectivity index (χ2v) is 7.64. The van der Waals surface area contributed by atoms with Gasteiger partial charge >= 0.3 is 0 Å². The molecule has 0 heterocycles. The monoisotopic (exact) mass is 291 g/mol. The number of sulfone groups is 1. The summed E-state index contributed by atoms with van der Waals surface area (Å²) < 4.78 is 23.4. The number of hydrogen-bond acceptors (Lipinski definition) is 3. The van der Waals surface area contributed by atoms with E-state index in [1.807, 2.05) is 12.1 Å². The molecule has 0 spiro atoms. The van der Waals surface area contributed by atoms with Gasteiger partial charge in [0.1, 0.15) is 0 Å². The Kier molecular flexibility index (Phi) is 4.85. The minimum absolute atomic E-state index is 0.184. The molecule has 0 saturated carbocycles. The fourth-order valence-corrected chi connectivity index (χ4v) is 3.58. The smallest absolute Gasteiger partial charge is 0.151 e. The number of rotatable bonds is 6. The molecule has 0 aliphatic heterocycles. The second kappa shape index (κ2) is 6.43. The Hall–Kier alpha value is -1.31. The van der Waals surface area contributed by atoms with E-state index >= 15 is 0 Å². The third kappa shape index (κ3) is 3.41. The molecule has 1 atom stereocenters. The summed E-state index contributed by atoms with van der Waals surface area (Å²) in [5.41, 5.74) is 2.66. The molecular weight excluding hydrogens is 270 g/mol. The zero-order chi connectivity index (χ0) is 14.6. The Labute approximate surface area is 121 Å². The van der Waals surface area contributed by atoms with Crippen LogP contribution >= 0.6 is 0 Å². The molecule has 3 nitrogen and oxygen atoms in total. The normalized spacial score (nSPS) is 17.9. The van der Waals surface area contributed by atoms with Crippen LogP contribution in [0.2, 0.25) is 0 Å². The van der Waals surface area contributed by atoms with Gasteiger partial charge in [0.15, 0.2) is 9.84 Å². The lowest BCUT2D eigenvalue weighted by Crippen LogP contribution is -2.33. The van der Waals surface area contributed by atoms with E-state index in [4.69, 9.17) is 6.42 Å². The molecule has 0 radical (unpaired) electrons. The largest absolute Gasteiger partial charge is 0.284 e. The predicted molar refractivity (Wildman–Crippen MR) is 82.2 cm³/mol. The summed E-state index contributed by atoms with van der Waals surface area (Å²) >= 11 is 0. The van der Waals surface area contributed by atoms with Crippen molar-refractivity contribution in [1.29, 1.82) is 0 Å². The van der Waals surface area contributed by atoms with Crippen LogP contribution in [0, 0.1) is 12.3 Å². The average Bonchev–Trinajstić information content (AvgIpc) is 2.87. The van der Waals surface area contributed by atoms with Gasteiger partial charge in [0, 0.05) is 18.3 Å². The number of nitrogens with zero attached hydrogens (tertiary/aromatic N) is 1. The van der Waals surface area contributed by atoms with Crippen molar-refractivity contribution < 1.29 is 8.42 Å². The van der Waals surface area contributed by atoms with Crippen LogP contribution in [0.25, 0.3) is 0 Å². The van der Waals surface area contributed by atoms with E-state index in [9.17, 15) is 8.42 Å². The van der Waals surface area contributed by atoms with Crippen LogP contribution < -0.4 is 0 Å². The van der Waals surface area contributed by atoms with Crippen LogP contribution in [0.5, 0.6) is 0 Å². The standard InChI is InChI=1S/C16H21NO2S/c1-3-11-17(12-13-20(18,19)4-2)16-10-9-14-7-5-6-8-15(14)16/h1,5-8,16H,4,9-13H2,2H3/t16-/m1/s1. The topological polar surface area (TPSA) is 37.4 Å². The lowest BCUT2D eigenvalue weighted by atomic mass is 10.1. The highest BCUT2D eigenvalue weighted by molar-refractivity contribution is 7.91. The molecule has 1 aliphatic rings. The van der Waals surface area contributed by atoms with Crippen LogP contribution in [0.1, 0.15) is 30.5 Å². The number of benzene rings is 1. The average molecular weight is 291 g/mol. The van der Waals surface area contributed by atoms with E-state index in [0.717, 1.165) is 12.8 Å². The van der Waals surface area contributed by atoms with Crippen LogP contribution in [-0.4, -0.2) is 37.9 Å². The molecule has 0 aromatic heterocycles. The summed E-state index contributed by atoms with van der Waals surface area (Å²) in [7, 11) is -2.95. The van der Waals surface area contributed by atoms with Gasteiger partial charge in [0.25, 0.3) is 0 Å². The summed E-state index contributed by atoms with van der Waals surface area (Å²) in [5.74, 6) is 3.04. The van der Waals surface area contributed by atoms with Gasteiger partial charge in [-0.05, 0) is 24.0 Å². The van der Waals surface area contributed by atoms with E-state index in [0.29, 0.717) is 13.1 Å². The van der Waals surface area contributed by atoms with Gasteiger partial charge in [-0.2, -0.15) is 0 Å². The van der Waals surface area contributed by atoms with Crippen molar-refractivity contribution >= 4 is 9.84 Å². The van der Waals surface area contributed by atoms with E-state index in [2.05, 4.69) is 23.0 Å². The second-order valence-electron chi connectivity index (χ2n) is 5.16. The first-order valence-corrected chi connectivity index (χ1v) is 8.85. The van der Waals surface area contributed by atoms with Gasteiger partial charge in [-0.1, -0.05) is 37.1 Å². The van der Waals surface area contributed by atoms with E-state index in [-0.39, 0.29) is 17.5 Å².